The highest BCUT2D eigenvalue weighted by Gasteiger charge is 2.50. The van der Waals surface area contributed by atoms with E-state index in [9.17, 15) is 18.0 Å². The van der Waals surface area contributed by atoms with Gasteiger partial charge in [0.1, 0.15) is 5.75 Å². The molecule has 2 aliphatic heterocycles. The van der Waals surface area contributed by atoms with Crippen LogP contribution in [0.4, 0.5) is 13.2 Å². The van der Waals surface area contributed by atoms with E-state index in [1.54, 1.807) is 36.4 Å². The maximum absolute atomic E-state index is 13.7. The fraction of sp³-hybridized carbons (Fsp3) is 0.240. The first-order valence-electron chi connectivity index (χ1n) is 10.7. The molecule has 34 heavy (non-hydrogen) atoms. The largest absolute Gasteiger partial charge is 0.493 e. The van der Waals surface area contributed by atoms with Crippen LogP contribution in [0.3, 0.4) is 0 Å². The van der Waals surface area contributed by atoms with E-state index in [0.29, 0.717) is 17.7 Å². The monoisotopic (exact) mass is 466 g/mol. The van der Waals surface area contributed by atoms with Gasteiger partial charge in [0.2, 0.25) is 0 Å². The lowest BCUT2D eigenvalue weighted by Crippen LogP contribution is -2.41. The molecule has 1 aromatic heterocycles. The van der Waals surface area contributed by atoms with E-state index in [1.807, 2.05) is 6.07 Å². The van der Waals surface area contributed by atoms with Gasteiger partial charge in [-0.1, -0.05) is 24.3 Å². The van der Waals surface area contributed by atoms with Crippen molar-refractivity contribution < 1.29 is 22.7 Å². The van der Waals surface area contributed by atoms with Gasteiger partial charge in [0.25, 0.3) is 5.91 Å². The smallest absolute Gasteiger partial charge is 0.417 e. The Labute approximate surface area is 193 Å². The fourth-order valence-electron chi connectivity index (χ4n) is 4.55. The van der Waals surface area contributed by atoms with Crippen LogP contribution < -0.4 is 10.5 Å². The molecule has 2 aliphatic rings. The summed E-state index contributed by atoms with van der Waals surface area (Å²) in [5.74, 6) is 0.391. The molecule has 6 nitrogen and oxygen atoms in total. The number of carbonyl (C=O) groups excluding carboxylic acids is 1. The first-order valence-corrected chi connectivity index (χ1v) is 10.7. The number of halogens is 3. The van der Waals surface area contributed by atoms with Crippen molar-refractivity contribution in [3.8, 4) is 16.9 Å². The molecule has 3 aromatic rings. The van der Waals surface area contributed by atoms with Crippen molar-refractivity contribution in [3.63, 3.8) is 0 Å². The van der Waals surface area contributed by atoms with Crippen LogP contribution in [0.15, 0.2) is 65.9 Å². The highest BCUT2D eigenvalue weighted by Crippen LogP contribution is 2.43. The van der Waals surface area contributed by atoms with Crippen molar-refractivity contribution in [2.75, 3.05) is 13.7 Å². The molecular weight excluding hydrogens is 445 g/mol. The van der Waals surface area contributed by atoms with Crippen molar-refractivity contribution in [2.45, 2.75) is 24.6 Å². The topological polar surface area (TPSA) is 80.8 Å². The Morgan fingerprint density at radius 2 is 1.91 bits per heavy atom. The summed E-state index contributed by atoms with van der Waals surface area (Å²) in [6.07, 6.45) is -0.651. The van der Waals surface area contributed by atoms with Gasteiger partial charge in [-0.2, -0.15) is 13.2 Å². The summed E-state index contributed by atoms with van der Waals surface area (Å²) in [6.45, 7) is 0.624. The second kappa shape index (κ2) is 7.86. The normalized spacial score (nSPS) is 20.1. The number of amides is 1. The SMILES string of the molecule is CN1C(=O)C(c2cccc(-c3cnccc3C(F)(F)F)c2)(c2ccc3c(c2)CCCO3)N=C1N. The number of aryl methyl sites for hydroxylation is 1. The average Bonchev–Trinajstić information content (AvgIpc) is 3.08. The zero-order valence-corrected chi connectivity index (χ0v) is 18.3. The number of aliphatic imine (C=N–C) groups is 1. The van der Waals surface area contributed by atoms with Crippen molar-refractivity contribution >= 4 is 11.9 Å². The highest BCUT2D eigenvalue weighted by molar-refractivity contribution is 6.09. The van der Waals surface area contributed by atoms with E-state index in [1.165, 1.54) is 18.1 Å². The third-order valence-electron chi connectivity index (χ3n) is 6.28. The van der Waals surface area contributed by atoms with Crippen molar-refractivity contribution in [2.24, 2.45) is 10.7 Å². The van der Waals surface area contributed by atoms with Crippen LogP contribution in [0.2, 0.25) is 0 Å². The van der Waals surface area contributed by atoms with Gasteiger partial charge in [0.05, 0.1) is 12.2 Å². The number of aromatic nitrogens is 1. The predicted octanol–water partition coefficient (Wildman–Crippen LogP) is 4.12. The molecule has 1 atom stereocenters. The van der Waals surface area contributed by atoms with Crippen LogP contribution in [-0.4, -0.2) is 35.4 Å². The molecule has 1 unspecified atom stereocenters. The summed E-state index contributed by atoms with van der Waals surface area (Å²) in [6, 6.07) is 12.8. The van der Waals surface area contributed by atoms with Crippen LogP contribution in [0, 0.1) is 0 Å². The minimum Gasteiger partial charge on any atom is -0.493 e. The Balaban J connectivity index is 1.71. The molecule has 0 fully saturated rings. The highest BCUT2D eigenvalue weighted by atomic mass is 19.4. The molecule has 2 aromatic carbocycles. The van der Waals surface area contributed by atoms with Crippen LogP contribution in [-0.2, 0) is 22.9 Å². The van der Waals surface area contributed by atoms with Crippen LogP contribution in [0.5, 0.6) is 5.75 Å². The fourth-order valence-corrected chi connectivity index (χ4v) is 4.55. The molecule has 9 heteroatoms. The van der Waals surface area contributed by atoms with Gasteiger partial charge in [-0.25, -0.2) is 4.99 Å². The summed E-state index contributed by atoms with van der Waals surface area (Å²) < 4.78 is 46.7. The molecule has 3 heterocycles. The average molecular weight is 466 g/mol. The third kappa shape index (κ3) is 3.39. The molecular formula is C25H21F3N4O2. The summed E-state index contributed by atoms with van der Waals surface area (Å²) >= 11 is 0. The summed E-state index contributed by atoms with van der Waals surface area (Å²) in [4.78, 5) is 23.3. The number of hydrogen-bond acceptors (Lipinski definition) is 5. The molecule has 0 aliphatic carbocycles. The van der Waals surface area contributed by atoms with Crippen molar-refractivity contribution in [3.05, 3.63) is 83.2 Å². The summed E-state index contributed by atoms with van der Waals surface area (Å²) in [5, 5.41) is 0. The summed E-state index contributed by atoms with van der Waals surface area (Å²) in [5.41, 5.74) is 5.85. The minimum absolute atomic E-state index is 0.0294. The lowest BCUT2D eigenvalue weighted by molar-refractivity contribution is -0.137. The number of likely N-dealkylation sites (N-methyl/N-ethyl adjacent to an activating group) is 1. The quantitative estimate of drug-likeness (QED) is 0.630. The number of carbonyl (C=O) groups is 1. The van der Waals surface area contributed by atoms with Gasteiger partial charge < -0.3 is 10.5 Å². The number of rotatable bonds is 3. The Morgan fingerprint density at radius 3 is 2.65 bits per heavy atom. The Bertz CT molecular complexity index is 1320. The molecule has 0 bridgehead atoms. The van der Waals surface area contributed by atoms with E-state index >= 15 is 0 Å². The first kappa shape index (κ1) is 21.9. The Kier molecular flexibility index (Phi) is 5.07. The maximum atomic E-state index is 13.7. The predicted molar refractivity (Wildman–Crippen MR) is 120 cm³/mol. The van der Waals surface area contributed by atoms with E-state index in [2.05, 4.69) is 9.98 Å². The zero-order chi connectivity index (χ0) is 24.1. The molecule has 5 rings (SSSR count). The summed E-state index contributed by atoms with van der Waals surface area (Å²) in [7, 11) is 1.52. The van der Waals surface area contributed by atoms with Gasteiger partial charge in [-0.15, -0.1) is 0 Å². The van der Waals surface area contributed by atoms with Crippen LogP contribution in [0.1, 0.15) is 28.7 Å². The van der Waals surface area contributed by atoms with Gasteiger partial charge in [-0.3, -0.25) is 14.7 Å². The molecule has 0 saturated heterocycles. The number of ether oxygens (including phenoxy) is 1. The number of pyridine rings is 1. The third-order valence-corrected chi connectivity index (χ3v) is 6.28. The number of benzene rings is 2. The second-order valence-electron chi connectivity index (χ2n) is 8.32. The van der Waals surface area contributed by atoms with Crippen molar-refractivity contribution in [1.82, 2.24) is 9.88 Å². The first-order chi connectivity index (χ1) is 16.2. The molecule has 0 radical (unpaired) electrons. The number of fused-ring (bicyclic) bond motifs is 1. The Morgan fingerprint density at radius 1 is 1.12 bits per heavy atom. The number of nitrogens with two attached hydrogens (primary N) is 1. The van der Waals surface area contributed by atoms with Crippen molar-refractivity contribution in [1.29, 1.82) is 0 Å². The van der Waals surface area contributed by atoms with E-state index in [-0.39, 0.29) is 23.0 Å². The van der Waals surface area contributed by atoms with Gasteiger partial charge in [-0.05, 0) is 59.4 Å². The van der Waals surface area contributed by atoms with E-state index in [4.69, 9.17) is 10.5 Å². The molecule has 2 N–H and O–H groups in total. The van der Waals surface area contributed by atoms with Gasteiger partial charge in [0, 0.05) is 25.0 Å². The van der Waals surface area contributed by atoms with Gasteiger partial charge >= 0.3 is 6.18 Å². The van der Waals surface area contributed by atoms with Crippen LogP contribution >= 0.6 is 0 Å². The number of nitrogens with zero attached hydrogens (tertiary/aromatic N) is 3. The molecule has 0 spiro atoms. The van der Waals surface area contributed by atoms with E-state index in [0.717, 1.165) is 36.4 Å². The molecule has 1 amide bonds. The van der Waals surface area contributed by atoms with Gasteiger partial charge in [0.15, 0.2) is 11.5 Å². The maximum Gasteiger partial charge on any atom is 0.417 e. The lowest BCUT2D eigenvalue weighted by atomic mass is 9.80. The zero-order valence-electron chi connectivity index (χ0n) is 18.3. The number of hydrogen-bond donors (Lipinski definition) is 1. The molecule has 174 valence electrons. The van der Waals surface area contributed by atoms with E-state index < -0.39 is 17.3 Å². The Hall–Kier alpha value is -3.88. The second-order valence-corrected chi connectivity index (χ2v) is 8.32. The van der Waals surface area contributed by atoms with Crippen LogP contribution in [0.25, 0.3) is 11.1 Å². The number of alkyl halides is 3. The number of guanidine groups is 1. The minimum atomic E-state index is -4.56. The standard InChI is InChI=1S/C25H21F3N4O2/c1-32-22(33)24(31-23(32)29,18-7-8-21-16(13-18)5-3-11-34-21)17-6-2-4-15(12-17)19-14-30-10-9-20(19)25(26,27)28/h2,4,6-10,12-14H,3,5,11H2,1H3,(H2,29,31). The lowest BCUT2D eigenvalue weighted by Gasteiger charge is -2.28. The molecule has 0 saturated carbocycles.